The molecule has 1 aliphatic heterocycles. The SMILES string of the molecule is CCOC(=O)CNC(=O)C(COC(=O)c1ccccc1)N1CCCCC1. The molecular formula is C19H26N2O5. The van der Waals surface area contributed by atoms with Gasteiger partial charge in [-0.15, -0.1) is 0 Å². The van der Waals surface area contributed by atoms with Crippen LogP contribution < -0.4 is 5.32 Å². The largest absolute Gasteiger partial charge is 0.465 e. The number of nitrogens with one attached hydrogen (secondary N) is 1. The van der Waals surface area contributed by atoms with Crippen molar-refractivity contribution in [1.29, 1.82) is 0 Å². The Labute approximate surface area is 153 Å². The van der Waals surface area contributed by atoms with Crippen molar-refractivity contribution < 1.29 is 23.9 Å². The number of hydrogen-bond donors (Lipinski definition) is 1. The zero-order valence-corrected chi connectivity index (χ0v) is 15.1. The molecule has 0 aromatic heterocycles. The molecule has 0 aliphatic carbocycles. The molecule has 1 fully saturated rings. The first-order valence-electron chi connectivity index (χ1n) is 9.01. The zero-order chi connectivity index (χ0) is 18.8. The van der Waals surface area contributed by atoms with Gasteiger partial charge in [0.15, 0.2) is 0 Å². The van der Waals surface area contributed by atoms with Gasteiger partial charge in [-0.05, 0) is 45.0 Å². The number of rotatable bonds is 8. The Morgan fingerprint density at radius 3 is 2.42 bits per heavy atom. The van der Waals surface area contributed by atoms with Crippen molar-refractivity contribution in [3.05, 3.63) is 35.9 Å². The molecule has 1 amide bonds. The van der Waals surface area contributed by atoms with Gasteiger partial charge in [0.25, 0.3) is 0 Å². The number of nitrogens with zero attached hydrogens (tertiary/aromatic N) is 1. The highest BCUT2D eigenvalue weighted by Crippen LogP contribution is 2.13. The first-order chi connectivity index (χ1) is 12.6. The smallest absolute Gasteiger partial charge is 0.338 e. The molecule has 1 saturated heterocycles. The highest BCUT2D eigenvalue weighted by molar-refractivity contribution is 5.90. The summed E-state index contributed by atoms with van der Waals surface area (Å²) < 4.78 is 10.2. The van der Waals surface area contributed by atoms with Gasteiger partial charge in [0.05, 0.1) is 12.2 Å². The van der Waals surface area contributed by atoms with E-state index in [0.29, 0.717) is 5.56 Å². The minimum Gasteiger partial charge on any atom is -0.465 e. The average molecular weight is 362 g/mol. The predicted molar refractivity (Wildman–Crippen MR) is 95.6 cm³/mol. The van der Waals surface area contributed by atoms with Crippen molar-refractivity contribution in [1.82, 2.24) is 10.2 Å². The molecule has 7 heteroatoms. The second-order valence-corrected chi connectivity index (χ2v) is 6.10. The van der Waals surface area contributed by atoms with Crippen LogP contribution in [-0.4, -0.2) is 61.6 Å². The van der Waals surface area contributed by atoms with Crippen molar-refractivity contribution in [3.63, 3.8) is 0 Å². The number of ether oxygens (including phenoxy) is 2. The molecule has 1 N–H and O–H groups in total. The Morgan fingerprint density at radius 1 is 1.08 bits per heavy atom. The number of carbonyl (C=O) groups excluding carboxylic acids is 3. The van der Waals surface area contributed by atoms with Gasteiger partial charge < -0.3 is 14.8 Å². The van der Waals surface area contributed by atoms with Crippen LogP contribution in [0.5, 0.6) is 0 Å². The highest BCUT2D eigenvalue weighted by Gasteiger charge is 2.29. The maximum absolute atomic E-state index is 12.5. The first-order valence-corrected chi connectivity index (χ1v) is 9.01. The quantitative estimate of drug-likeness (QED) is 0.703. The summed E-state index contributed by atoms with van der Waals surface area (Å²) in [5.41, 5.74) is 0.442. The molecule has 7 nitrogen and oxygen atoms in total. The maximum atomic E-state index is 12.5. The van der Waals surface area contributed by atoms with Crippen molar-refractivity contribution in [2.24, 2.45) is 0 Å². The van der Waals surface area contributed by atoms with E-state index in [0.717, 1.165) is 32.4 Å². The summed E-state index contributed by atoms with van der Waals surface area (Å²) in [6.07, 6.45) is 3.11. The standard InChI is InChI=1S/C19H26N2O5/c1-2-25-17(22)13-20-18(23)16(21-11-7-4-8-12-21)14-26-19(24)15-9-5-3-6-10-15/h3,5-6,9-10,16H,2,4,7-8,11-14H2,1H3,(H,20,23). The van der Waals surface area contributed by atoms with E-state index in [1.165, 1.54) is 0 Å². The fraction of sp³-hybridized carbons (Fsp3) is 0.526. The second-order valence-electron chi connectivity index (χ2n) is 6.10. The third-order valence-electron chi connectivity index (χ3n) is 4.23. The molecular weight excluding hydrogens is 336 g/mol. The van der Waals surface area contributed by atoms with Gasteiger partial charge in [0, 0.05) is 0 Å². The van der Waals surface area contributed by atoms with Crippen molar-refractivity contribution in [3.8, 4) is 0 Å². The fourth-order valence-electron chi connectivity index (χ4n) is 2.88. The van der Waals surface area contributed by atoms with E-state index in [-0.39, 0.29) is 25.7 Å². The summed E-state index contributed by atoms with van der Waals surface area (Å²) in [6.45, 7) is 3.25. The lowest BCUT2D eigenvalue weighted by Crippen LogP contribution is -2.52. The minimum absolute atomic E-state index is 0.0532. The highest BCUT2D eigenvalue weighted by atomic mass is 16.5. The van der Waals surface area contributed by atoms with Crippen molar-refractivity contribution >= 4 is 17.8 Å². The normalized spacial score (nSPS) is 15.7. The van der Waals surface area contributed by atoms with Gasteiger partial charge in [0.2, 0.25) is 5.91 Å². The van der Waals surface area contributed by atoms with Crippen LogP contribution in [0.3, 0.4) is 0 Å². The molecule has 1 heterocycles. The number of benzene rings is 1. The molecule has 1 atom stereocenters. The summed E-state index contributed by atoms with van der Waals surface area (Å²) in [6, 6.07) is 8.04. The molecule has 1 aromatic carbocycles. The van der Waals surface area contributed by atoms with Gasteiger partial charge in [-0.3, -0.25) is 14.5 Å². The van der Waals surface area contributed by atoms with Crippen LogP contribution in [0.2, 0.25) is 0 Å². The van der Waals surface area contributed by atoms with E-state index in [9.17, 15) is 14.4 Å². The average Bonchev–Trinajstić information content (AvgIpc) is 2.68. The molecule has 0 spiro atoms. The predicted octanol–water partition coefficient (Wildman–Crippen LogP) is 1.38. The molecule has 26 heavy (non-hydrogen) atoms. The minimum atomic E-state index is -0.614. The van der Waals surface area contributed by atoms with Gasteiger partial charge in [-0.1, -0.05) is 24.6 Å². The van der Waals surface area contributed by atoms with E-state index in [1.54, 1.807) is 31.2 Å². The Balaban J connectivity index is 1.95. The maximum Gasteiger partial charge on any atom is 0.338 e. The number of piperidine rings is 1. The molecule has 0 bridgehead atoms. The summed E-state index contributed by atoms with van der Waals surface area (Å²) in [7, 11) is 0. The fourth-order valence-corrected chi connectivity index (χ4v) is 2.88. The van der Waals surface area contributed by atoms with Crippen LogP contribution in [-0.2, 0) is 19.1 Å². The number of likely N-dealkylation sites (tertiary alicyclic amines) is 1. The van der Waals surface area contributed by atoms with Crippen LogP contribution in [0, 0.1) is 0 Å². The summed E-state index contributed by atoms with van der Waals surface area (Å²) in [5.74, 6) is -1.29. The van der Waals surface area contributed by atoms with Gasteiger partial charge in [-0.2, -0.15) is 0 Å². The monoisotopic (exact) mass is 362 g/mol. The van der Waals surface area contributed by atoms with Crippen LogP contribution in [0.4, 0.5) is 0 Å². The van der Waals surface area contributed by atoms with E-state index < -0.39 is 18.0 Å². The topological polar surface area (TPSA) is 84.9 Å². The van der Waals surface area contributed by atoms with Crippen molar-refractivity contribution in [2.75, 3.05) is 32.8 Å². The molecule has 0 saturated carbocycles. The molecule has 1 unspecified atom stereocenters. The van der Waals surface area contributed by atoms with E-state index in [4.69, 9.17) is 9.47 Å². The second kappa shape index (κ2) is 10.6. The third kappa shape index (κ3) is 6.15. The van der Waals surface area contributed by atoms with Crippen LogP contribution in [0.25, 0.3) is 0 Å². The summed E-state index contributed by atoms with van der Waals surface area (Å²) >= 11 is 0. The molecule has 142 valence electrons. The molecule has 1 aromatic rings. The Bertz CT molecular complexity index is 599. The van der Waals surface area contributed by atoms with Gasteiger partial charge in [0.1, 0.15) is 19.2 Å². The van der Waals surface area contributed by atoms with E-state index in [2.05, 4.69) is 5.32 Å². The first kappa shape index (κ1) is 19.9. The van der Waals surface area contributed by atoms with Gasteiger partial charge >= 0.3 is 11.9 Å². The summed E-state index contributed by atoms with van der Waals surface area (Å²) in [5, 5.41) is 2.58. The Kier molecular flexibility index (Phi) is 8.08. The van der Waals surface area contributed by atoms with E-state index >= 15 is 0 Å². The van der Waals surface area contributed by atoms with Crippen molar-refractivity contribution in [2.45, 2.75) is 32.2 Å². The van der Waals surface area contributed by atoms with Crippen LogP contribution in [0.15, 0.2) is 30.3 Å². The molecule has 0 radical (unpaired) electrons. The van der Waals surface area contributed by atoms with Gasteiger partial charge in [-0.25, -0.2) is 4.79 Å². The number of amides is 1. The number of carbonyl (C=O) groups is 3. The lowest BCUT2D eigenvalue weighted by atomic mass is 10.1. The van der Waals surface area contributed by atoms with E-state index in [1.807, 2.05) is 11.0 Å². The molecule has 2 rings (SSSR count). The Morgan fingerprint density at radius 2 is 1.77 bits per heavy atom. The lowest BCUT2D eigenvalue weighted by Gasteiger charge is -2.33. The lowest BCUT2D eigenvalue weighted by molar-refractivity contribution is -0.144. The van der Waals surface area contributed by atoms with Crippen LogP contribution in [0.1, 0.15) is 36.5 Å². The van der Waals surface area contributed by atoms with Crippen LogP contribution >= 0.6 is 0 Å². The number of hydrogen-bond acceptors (Lipinski definition) is 6. The summed E-state index contributed by atoms with van der Waals surface area (Å²) in [4.78, 5) is 38.2. The third-order valence-corrected chi connectivity index (χ3v) is 4.23. The molecule has 1 aliphatic rings. The Hall–Kier alpha value is -2.41. The number of esters is 2. The zero-order valence-electron chi connectivity index (χ0n) is 15.1.